The molecule has 1 amide bonds. The average Bonchev–Trinajstić information content (AvgIpc) is 3.32. The van der Waals surface area contributed by atoms with Gasteiger partial charge in [0.15, 0.2) is 0 Å². The first-order chi connectivity index (χ1) is 19.1. The molecule has 3 N–H and O–H groups in total. The van der Waals surface area contributed by atoms with Crippen molar-refractivity contribution in [2.75, 3.05) is 26.7 Å². The predicted octanol–water partition coefficient (Wildman–Crippen LogP) is 5.13. The topological polar surface area (TPSA) is 91.9 Å². The minimum atomic E-state index is -0.435. The van der Waals surface area contributed by atoms with Gasteiger partial charge in [0.25, 0.3) is 0 Å². The van der Waals surface area contributed by atoms with Gasteiger partial charge in [0.05, 0.1) is 10.9 Å². The average molecular weight is 526 g/mol. The van der Waals surface area contributed by atoms with Crippen molar-refractivity contribution in [2.45, 2.75) is 19.3 Å². The lowest BCUT2D eigenvalue weighted by Crippen LogP contribution is -2.22. The minimum absolute atomic E-state index is 0.131. The Bertz CT molecular complexity index is 1470. The third-order valence-corrected chi connectivity index (χ3v) is 7.00. The van der Waals surface area contributed by atoms with E-state index in [1.54, 1.807) is 13.1 Å². The Morgan fingerprint density at radius 1 is 1.10 bits per heavy atom. The summed E-state index contributed by atoms with van der Waals surface area (Å²) in [7, 11) is 1.60. The van der Waals surface area contributed by atoms with Gasteiger partial charge < -0.3 is 15.4 Å². The number of ether oxygens (including phenoxy) is 1. The summed E-state index contributed by atoms with van der Waals surface area (Å²) in [4.78, 5) is 15.8. The van der Waals surface area contributed by atoms with E-state index in [1.165, 1.54) is 23.6 Å². The molecule has 1 fully saturated rings. The van der Waals surface area contributed by atoms with E-state index < -0.39 is 5.95 Å². The van der Waals surface area contributed by atoms with Gasteiger partial charge >= 0.3 is 0 Å². The number of benzene rings is 2. The number of aromatic amines is 1. The maximum atomic E-state index is 14.5. The lowest BCUT2D eigenvalue weighted by Gasteiger charge is -2.31. The lowest BCUT2D eigenvalue weighted by atomic mass is 9.73. The van der Waals surface area contributed by atoms with Crippen molar-refractivity contribution in [1.29, 1.82) is 0 Å². The molecule has 0 bridgehead atoms. The first kappa shape index (κ1) is 26.3. The molecule has 2 aromatic heterocycles. The molecule has 5 rings (SSSR count). The zero-order chi connectivity index (χ0) is 27.0. The first-order valence-electron chi connectivity index (χ1n) is 13.3. The predicted molar refractivity (Wildman–Crippen MR) is 152 cm³/mol. The normalized spacial score (nSPS) is 14.3. The summed E-state index contributed by atoms with van der Waals surface area (Å²) in [6, 6.07) is 20.1. The Kier molecular flexibility index (Phi) is 8.43. The van der Waals surface area contributed by atoms with Crippen LogP contribution in [0.2, 0.25) is 0 Å². The van der Waals surface area contributed by atoms with Gasteiger partial charge in [-0.25, -0.2) is 4.98 Å². The summed E-state index contributed by atoms with van der Waals surface area (Å²) in [5, 5.41) is 12.7. The fourth-order valence-corrected chi connectivity index (χ4v) is 4.79. The van der Waals surface area contributed by atoms with Gasteiger partial charge in [0, 0.05) is 44.0 Å². The Morgan fingerprint density at radius 2 is 1.92 bits per heavy atom. The summed E-state index contributed by atoms with van der Waals surface area (Å²) in [6.45, 7) is 1.63. The van der Waals surface area contributed by atoms with E-state index in [1.807, 2.05) is 42.6 Å². The van der Waals surface area contributed by atoms with Gasteiger partial charge in [-0.15, -0.1) is 0 Å². The number of halogens is 1. The highest BCUT2D eigenvalue weighted by molar-refractivity contribution is 6.01. The number of nitrogens with zero attached hydrogens (tertiary/aromatic N) is 2. The van der Waals surface area contributed by atoms with Crippen LogP contribution in [0.5, 0.6) is 5.88 Å². The summed E-state index contributed by atoms with van der Waals surface area (Å²) in [5.41, 5.74) is 5.96. The molecular formula is C31H32FN5O2. The van der Waals surface area contributed by atoms with Gasteiger partial charge in [-0.3, -0.25) is 9.89 Å². The maximum absolute atomic E-state index is 14.5. The molecule has 2 aromatic carbocycles. The third kappa shape index (κ3) is 6.23. The van der Waals surface area contributed by atoms with Crippen LogP contribution in [0.3, 0.4) is 0 Å². The number of carbonyl (C=O) groups excluding carboxylic acids is 1. The molecule has 0 atom stereocenters. The summed E-state index contributed by atoms with van der Waals surface area (Å²) in [6.07, 6.45) is 8.53. The number of aromatic nitrogens is 3. The van der Waals surface area contributed by atoms with Crippen LogP contribution in [0.4, 0.5) is 4.39 Å². The minimum Gasteiger partial charge on any atom is -0.476 e. The van der Waals surface area contributed by atoms with Gasteiger partial charge in [-0.2, -0.15) is 9.49 Å². The zero-order valence-corrected chi connectivity index (χ0v) is 21.9. The molecule has 200 valence electrons. The molecule has 1 saturated carbocycles. The number of hydrogen-bond acceptors (Lipinski definition) is 5. The van der Waals surface area contributed by atoms with Crippen LogP contribution < -0.4 is 15.4 Å². The molecule has 0 saturated heterocycles. The standard InChI is InChI=1S/C31H32FN5O2/c1-33-27(38)11-6-16-34-17-18-39-28-15-13-24(20-35-28)30(23-12-14-26-25(19-23)31(32)37-36-26)29(22-9-5-10-22)21-7-3-2-4-8-21/h2-4,6-8,11-15,19-20,22,34H,5,9-10,16-18H2,1H3,(H,33,38)(H,36,37)/b11-6+,30-29+. The molecular weight excluding hydrogens is 493 g/mol. The molecule has 0 spiro atoms. The van der Waals surface area contributed by atoms with Crippen molar-refractivity contribution in [1.82, 2.24) is 25.8 Å². The second-order valence-corrected chi connectivity index (χ2v) is 9.51. The lowest BCUT2D eigenvalue weighted by molar-refractivity contribution is -0.116. The molecule has 0 radical (unpaired) electrons. The van der Waals surface area contributed by atoms with Gasteiger partial charge in [-0.1, -0.05) is 48.9 Å². The van der Waals surface area contributed by atoms with E-state index in [0.717, 1.165) is 29.5 Å². The van der Waals surface area contributed by atoms with Crippen LogP contribution in [0, 0.1) is 11.9 Å². The van der Waals surface area contributed by atoms with Gasteiger partial charge in [0.1, 0.15) is 6.61 Å². The highest BCUT2D eigenvalue weighted by Crippen LogP contribution is 2.45. The number of nitrogens with one attached hydrogen (secondary N) is 3. The van der Waals surface area contributed by atoms with Crippen molar-refractivity contribution < 1.29 is 13.9 Å². The largest absolute Gasteiger partial charge is 0.476 e. The molecule has 0 aliphatic heterocycles. The van der Waals surface area contributed by atoms with Crippen molar-refractivity contribution >= 4 is 28.0 Å². The van der Waals surface area contributed by atoms with Crippen LogP contribution in [0.25, 0.3) is 22.0 Å². The SMILES string of the molecule is CNC(=O)/C=C/CNCCOc1ccc(/C(=C(\c2ccccc2)C2CCC2)c2ccc3n[nH]c(F)c3c2)cn1. The number of rotatable bonds is 11. The molecule has 1 aliphatic carbocycles. The van der Waals surface area contributed by atoms with E-state index in [4.69, 9.17) is 4.74 Å². The number of carbonyl (C=O) groups is 1. The second kappa shape index (κ2) is 12.5. The van der Waals surface area contributed by atoms with Crippen molar-refractivity contribution in [3.05, 3.63) is 102 Å². The Hall–Kier alpha value is -4.30. The maximum Gasteiger partial charge on any atom is 0.243 e. The Morgan fingerprint density at radius 3 is 2.64 bits per heavy atom. The van der Waals surface area contributed by atoms with E-state index in [0.29, 0.717) is 42.4 Å². The number of amides is 1. The quantitative estimate of drug-likeness (QED) is 0.144. The number of likely N-dealkylation sites (N-methyl/N-ethyl adjacent to an activating group) is 1. The molecule has 1 aliphatic rings. The van der Waals surface area contributed by atoms with E-state index in [2.05, 4.69) is 50.1 Å². The number of hydrogen-bond donors (Lipinski definition) is 3. The molecule has 2 heterocycles. The van der Waals surface area contributed by atoms with E-state index in [-0.39, 0.29) is 5.91 Å². The highest BCUT2D eigenvalue weighted by atomic mass is 19.1. The smallest absolute Gasteiger partial charge is 0.243 e. The number of pyridine rings is 1. The van der Waals surface area contributed by atoms with Crippen LogP contribution in [0.1, 0.15) is 36.0 Å². The molecule has 8 heteroatoms. The zero-order valence-electron chi connectivity index (χ0n) is 21.9. The fourth-order valence-electron chi connectivity index (χ4n) is 4.79. The molecule has 0 unspecified atom stereocenters. The monoisotopic (exact) mass is 525 g/mol. The summed E-state index contributed by atoms with van der Waals surface area (Å²) in [5.74, 6) is 0.387. The third-order valence-electron chi connectivity index (χ3n) is 7.00. The van der Waals surface area contributed by atoms with Crippen LogP contribution in [-0.4, -0.2) is 47.8 Å². The van der Waals surface area contributed by atoms with Gasteiger partial charge in [0.2, 0.25) is 17.7 Å². The second-order valence-electron chi connectivity index (χ2n) is 9.51. The number of fused-ring (bicyclic) bond motifs is 1. The van der Waals surface area contributed by atoms with Gasteiger partial charge in [-0.05, 0) is 59.2 Å². The van der Waals surface area contributed by atoms with Crippen molar-refractivity contribution in [3.8, 4) is 5.88 Å². The Balaban J connectivity index is 1.41. The summed E-state index contributed by atoms with van der Waals surface area (Å²) >= 11 is 0. The van der Waals surface area contributed by atoms with Crippen molar-refractivity contribution in [2.24, 2.45) is 5.92 Å². The van der Waals surface area contributed by atoms with Crippen LogP contribution in [0.15, 0.2) is 79.0 Å². The number of allylic oxidation sites excluding steroid dienone is 1. The summed E-state index contributed by atoms with van der Waals surface area (Å²) < 4.78 is 20.3. The van der Waals surface area contributed by atoms with Crippen molar-refractivity contribution in [3.63, 3.8) is 0 Å². The Labute approximate surface area is 227 Å². The van der Waals surface area contributed by atoms with Crippen LogP contribution >= 0.6 is 0 Å². The van der Waals surface area contributed by atoms with E-state index in [9.17, 15) is 9.18 Å². The first-order valence-corrected chi connectivity index (χ1v) is 13.3. The fraction of sp³-hybridized carbons (Fsp3) is 0.258. The van der Waals surface area contributed by atoms with E-state index >= 15 is 0 Å². The highest BCUT2D eigenvalue weighted by Gasteiger charge is 2.27. The molecule has 4 aromatic rings. The van der Waals surface area contributed by atoms with Crippen LogP contribution in [-0.2, 0) is 4.79 Å². The number of H-pyrrole nitrogens is 1. The molecule has 7 nitrogen and oxygen atoms in total. The molecule has 39 heavy (non-hydrogen) atoms.